The van der Waals surface area contributed by atoms with Crippen LogP contribution < -0.4 is 10.4 Å². The molecule has 0 fully saturated rings. The standard InChI is InChI=1S/C22H31FO3Si/c1-22(2,3)27(20-10-6-4-7-11-20,21-12-8-5-9-13-21)26-19-18-25-17-16-24-15-14-23/h4-13H,14-19H2,1-3H3. The Balaban J connectivity index is 2.15. The molecular weight excluding hydrogens is 359 g/mol. The smallest absolute Gasteiger partial charge is 0.261 e. The fraction of sp³-hybridized carbons (Fsp3) is 0.455. The highest BCUT2D eigenvalue weighted by atomic mass is 28.4. The Hall–Kier alpha value is -1.53. The topological polar surface area (TPSA) is 27.7 Å². The van der Waals surface area contributed by atoms with Gasteiger partial charge in [-0.1, -0.05) is 81.4 Å². The predicted molar refractivity (Wildman–Crippen MR) is 111 cm³/mol. The first-order chi connectivity index (χ1) is 13.0. The molecule has 27 heavy (non-hydrogen) atoms. The summed E-state index contributed by atoms with van der Waals surface area (Å²) in [6, 6.07) is 21.1. The molecule has 0 spiro atoms. The van der Waals surface area contributed by atoms with Crippen molar-refractivity contribution in [3.05, 3.63) is 60.7 Å². The lowest BCUT2D eigenvalue weighted by Crippen LogP contribution is -2.66. The van der Waals surface area contributed by atoms with Crippen LogP contribution in [0.25, 0.3) is 0 Å². The first kappa shape index (κ1) is 21.8. The summed E-state index contributed by atoms with van der Waals surface area (Å²) in [4.78, 5) is 0. The minimum absolute atomic E-state index is 0.0417. The van der Waals surface area contributed by atoms with Crippen molar-refractivity contribution in [1.29, 1.82) is 0 Å². The van der Waals surface area contributed by atoms with Gasteiger partial charge < -0.3 is 13.9 Å². The number of rotatable bonds is 11. The van der Waals surface area contributed by atoms with Gasteiger partial charge in [-0.2, -0.15) is 0 Å². The molecule has 0 amide bonds. The van der Waals surface area contributed by atoms with E-state index < -0.39 is 15.0 Å². The fourth-order valence-electron chi connectivity index (χ4n) is 3.39. The number of ether oxygens (including phenoxy) is 2. The van der Waals surface area contributed by atoms with Gasteiger partial charge in [0.25, 0.3) is 8.32 Å². The number of hydrogen-bond acceptors (Lipinski definition) is 3. The Morgan fingerprint density at radius 2 is 1.15 bits per heavy atom. The average Bonchev–Trinajstić information content (AvgIpc) is 2.67. The van der Waals surface area contributed by atoms with Crippen LogP contribution in [0.4, 0.5) is 4.39 Å². The third kappa shape index (κ3) is 5.72. The van der Waals surface area contributed by atoms with E-state index in [0.717, 1.165) is 0 Å². The Morgan fingerprint density at radius 1 is 0.704 bits per heavy atom. The maximum absolute atomic E-state index is 12.0. The van der Waals surface area contributed by atoms with Gasteiger partial charge in [-0.3, -0.25) is 0 Å². The highest BCUT2D eigenvalue weighted by Crippen LogP contribution is 2.36. The van der Waals surface area contributed by atoms with Crippen LogP contribution in [0.3, 0.4) is 0 Å². The molecule has 2 rings (SSSR count). The lowest BCUT2D eigenvalue weighted by Gasteiger charge is -2.43. The summed E-state index contributed by atoms with van der Waals surface area (Å²) < 4.78 is 29.4. The van der Waals surface area contributed by atoms with E-state index in [1.807, 2.05) is 12.1 Å². The van der Waals surface area contributed by atoms with Crippen molar-refractivity contribution in [3.63, 3.8) is 0 Å². The van der Waals surface area contributed by atoms with Crippen LogP contribution in [0.1, 0.15) is 20.8 Å². The summed E-state index contributed by atoms with van der Waals surface area (Å²) in [6.45, 7) is 8.28. The van der Waals surface area contributed by atoms with Gasteiger partial charge in [0.15, 0.2) is 0 Å². The average molecular weight is 391 g/mol. The SMILES string of the molecule is CC(C)(C)[Si](OCCOCCOCCF)(c1ccccc1)c1ccccc1. The molecule has 0 radical (unpaired) electrons. The first-order valence-electron chi connectivity index (χ1n) is 9.49. The van der Waals surface area contributed by atoms with Crippen molar-refractivity contribution >= 4 is 18.7 Å². The van der Waals surface area contributed by atoms with Gasteiger partial charge in [0.2, 0.25) is 0 Å². The number of halogens is 1. The summed E-state index contributed by atoms with van der Waals surface area (Å²) in [6.07, 6.45) is 0. The molecule has 0 aromatic heterocycles. The Morgan fingerprint density at radius 3 is 1.59 bits per heavy atom. The molecule has 0 heterocycles. The van der Waals surface area contributed by atoms with Gasteiger partial charge in [-0.05, 0) is 15.4 Å². The zero-order chi connectivity index (χ0) is 19.6. The zero-order valence-electron chi connectivity index (χ0n) is 16.6. The molecule has 0 aliphatic heterocycles. The molecule has 2 aromatic rings. The van der Waals surface area contributed by atoms with E-state index in [2.05, 4.69) is 69.3 Å². The van der Waals surface area contributed by atoms with Gasteiger partial charge in [0.1, 0.15) is 6.67 Å². The third-order valence-corrected chi connectivity index (χ3v) is 9.60. The third-order valence-electron chi connectivity index (χ3n) is 4.56. The van der Waals surface area contributed by atoms with Crippen LogP contribution in [0.15, 0.2) is 60.7 Å². The predicted octanol–water partition coefficient (Wildman–Crippen LogP) is 3.57. The van der Waals surface area contributed by atoms with Crippen LogP contribution >= 0.6 is 0 Å². The van der Waals surface area contributed by atoms with Crippen molar-refractivity contribution in [3.8, 4) is 0 Å². The summed E-state index contributed by atoms with van der Waals surface area (Å²) >= 11 is 0. The second-order valence-corrected chi connectivity index (χ2v) is 11.7. The molecule has 0 aliphatic rings. The molecule has 0 aliphatic carbocycles. The van der Waals surface area contributed by atoms with E-state index in [4.69, 9.17) is 13.9 Å². The molecule has 0 N–H and O–H groups in total. The maximum Gasteiger partial charge on any atom is 0.261 e. The number of hydrogen-bond donors (Lipinski definition) is 0. The highest BCUT2D eigenvalue weighted by Gasteiger charge is 2.49. The lowest BCUT2D eigenvalue weighted by molar-refractivity contribution is 0.0314. The van der Waals surface area contributed by atoms with Crippen LogP contribution in [0.5, 0.6) is 0 Å². The molecule has 0 unspecified atom stereocenters. The van der Waals surface area contributed by atoms with E-state index in [9.17, 15) is 4.39 Å². The Labute approximate surface area is 163 Å². The van der Waals surface area contributed by atoms with Crippen molar-refractivity contribution in [2.24, 2.45) is 0 Å². The fourth-order valence-corrected chi connectivity index (χ4v) is 7.94. The van der Waals surface area contributed by atoms with Crippen LogP contribution in [0.2, 0.25) is 5.04 Å². The van der Waals surface area contributed by atoms with Gasteiger partial charge in [0.05, 0.1) is 33.0 Å². The van der Waals surface area contributed by atoms with Gasteiger partial charge in [0, 0.05) is 0 Å². The summed E-state index contributed by atoms with van der Waals surface area (Å²) in [5.41, 5.74) is 0. The van der Waals surface area contributed by atoms with Crippen molar-refractivity contribution in [2.75, 3.05) is 39.7 Å². The molecule has 2 aromatic carbocycles. The second-order valence-electron chi connectivity index (χ2n) is 7.43. The molecule has 0 bridgehead atoms. The van der Waals surface area contributed by atoms with Crippen molar-refractivity contribution < 1.29 is 18.3 Å². The highest BCUT2D eigenvalue weighted by molar-refractivity contribution is 6.99. The minimum Gasteiger partial charge on any atom is -0.405 e. The molecule has 0 atom stereocenters. The van der Waals surface area contributed by atoms with Crippen LogP contribution in [-0.4, -0.2) is 48.0 Å². The van der Waals surface area contributed by atoms with E-state index in [-0.39, 0.29) is 11.6 Å². The van der Waals surface area contributed by atoms with E-state index in [0.29, 0.717) is 26.4 Å². The summed E-state index contributed by atoms with van der Waals surface area (Å²) in [5, 5.41) is 2.48. The molecule has 5 heteroatoms. The number of benzene rings is 2. The molecular formula is C22H31FO3Si. The van der Waals surface area contributed by atoms with E-state index in [1.165, 1.54) is 10.4 Å². The minimum atomic E-state index is -2.49. The molecule has 0 saturated heterocycles. The normalized spacial score (nSPS) is 12.3. The van der Waals surface area contributed by atoms with Crippen molar-refractivity contribution in [1.82, 2.24) is 0 Å². The lowest BCUT2D eigenvalue weighted by atomic mass is 10.2. The quantitative estimate of drug-likeness (QED) is 0.434. The largest absolute Gasteiger partial charge is 0.405 e. The summed E-state index contributed by atoms with van der Waals surface area (Å²) in [7, 11) is -2.49. The Kier molecular flexibility index (Phi) is 8.63. The molecule has 148 valence electrons. The first-order valence-corrected chi connectivity index (χ1v) is 11.4. The van der Waals surface area contributed by atoms with Gasteiger partial charge in [-0.15, -0.1) is 0 Å². The van der Waals surface area contributed by atoms with Gasteiger partial charge >= 0.3 is 0 Å². The maximum atomic E-state index is 12.0. The van der Waals surface area contributed by atoms with Crippen LogP contribution in [0, 0.1) is 0 Å². The molecule has 3 nitrogen and oxygen atoms in total. The second kappa shape index (κ2) is 10.7. The van der Waals surface area contributed by atoms with Crippen molar-refractivity contribution in [2.45, 2.75) is 25.8 Å². The van der Waals surface area contributed by atoms with E-state index >= 15 is 0 Å². The Bertz CT molecular complexity index is 604. The molecule has 0 saturated carbocycles. The summed E-state index contributed by atoms with van der Waals surface area (Å²) in [5.74, 6) is 0. The zero-order valence-corrected chi connectivity index (χ0v) is 17.6. The van der Waals surface area contributed by atoms with Crippen LogP contribution in [-0.2, 0) is 13.9 Å². The van der Waals surface area contributed by atoms with E-state index in [1.54, 1.807) is 0 Å². The van der Waals surface area contributed by atoms with Gasteiger partial charge in [-0.25, -0.2) is 4.39 Å². The number of alkyl halides is 1. The monoisotopic (exact) mass is 390 g/mol.